The first kappa shape index (κ1) is 16.9. The highest BCUT2D eigenvalue weighted by Gasteiger charge is 2.43. The van der Waals surface area contributed by atoms with E-state index in [-0.39, 0.29) is 5.82 Å². The summed E-state index contributed by atoms with van der Waals surface area (Å²) >= 11 is 0. The van der Waals surface area contributed by atoms with Gasteiger partial charge in [0.05, 0.1) is 17.6 Å². The molecule has 1 saturated heterocycles. The third-order valence-corrected chi connectivity index (χ3v) is 4.69. The maximum Gasteiger partial charge on any atom is 0.433 e. The van der Waals surface area contributed by atoms with Gasteiger partial charge in [0.1, 0.15) is 11.5 Å². The number of rotatable bonds is 3. The van der Waals surface area contributed by atoms with Crippen molar-refractivity contribution in [1.82, 2.24) is 24.4 Å². The first-order chi connectivity index (χ1) is 11.2. The van der Waals surface area contributed by atoms with Crippen LogP contribution in [0.5, 0.6) is 0 Å². The van der Waals surface area contributed by atoms with Gasteiger partial charge in [0, 0.05) is 25.5 Å². The number of hydrogen-bond donors (Lipinski definition) is 0. The zero-order valence-corrected chi connectivity index (χ0v) is 13.9. The van der Waals surface area contributed by atoms with Crippen molar-refractivity contribution in [3.8, 4) is 0 Å². The molecule has 0 aromatic carbocycles. The molecule has 0 bridgehead atoms. The molecule has 5 nitrogen and oxygen atoms in total. The molecule has 3 rings (SSSR count). The van der Waals surface area contributed by atoms with Crippen molar-refractivity contribution in [2.75, 3.05) is 6.54 Å². The zero-order chi connectivity index (χ0) is 17.5. The monoisotopic (exact) mass is 339 g/mol. The molecule has 1 aliphatic heterocycles. The van der Waals surface area contributed by atoms with Gasteiger partial charge in [-0.25, -0.2) is 15.0 Å². The molecule has 0 aliphatic carbocycles. The zero-order valence-electron chi connectivity index (χ0n) is 13.9. The van der Waals surface area contributed by atoms with Crippen LogP contribution in [0.25, 0.3) is 0 Å². The summed E-state index contributed by atoms with van der Waals surface area (Å²) in [6.07, 6.45) is 0.646. The van der Waals surface area contributed by atoms with Crippen molar-refractivity contribution in [2.24, 2.45) is 7.05 Å². The topological polar surface area (TPSA) is 46.8 Å². The molecule has 0 spiro atoms. The largest absolute Gasteiger partial charge is 0.433 e. The fourth-order valence-electron chi connectivity index (χ4n) is 3.21. The van der Waals surface area contributed by atoms with Crippen LogP contribution in [0.4, 0.5) is 13.2 Å². The Balaban J connectivity index is 1.97. The van der Waals surface area contributed by atoms with Gasteiger partial charge in [-0.15, -0.1) is 0 Å². The third kappa shape index (κ3) is 3.02. The number of alkyl halides is 3. The molecule has 2 aromatic rings. The molecular formula is C16H20F3N5. The molecule has 0 amide bonds. The van der Waals surface area contributed by atoms with E-state index < -0.39 is 17.4 Å². The second-order valence-electron chi connectivity index (χ2n) is 6.51. The number of hydrogen-bond acceptors (Lipinski definition) is 4. The lowest BCUT2D eigenvalue weighted by Gasteiger charge is -2.34. The van der Waals surface area contributed by atoms with E-state index in [1.807, 2.05) is 18.5 Å². The number of halogens is 3. The first-order valence-corrected chi connectivity index (χ1v) is 7.84. The van der Waals surface area contributed by atoms with Crippen LogP contribution >= 0.6 is 0 Å². The van der Waals surface area contributed by atoms with Crippen molar-refractivity contribution in [3.63, 3.8) is 0 Å². The first-order valence-electron chi connectivity index (χ1n) is 7.84. The van der Waals surface area contributed by atoms with Crippen LogP contribution in [0.2, 0.25) is 0 Å². The average molecular weight is 339 g/mol. The molecule has 130 valence electrons. The predicted molar refractivity (Wildman–Crippen MR) is 82.0 cm³/mol. The van der Waals surface area contributed by atoms with Crippen molar-refractivity contribution >= 4 is 0 Å². The Morgan fingerprint density at radius 1 is 1.29 bits per heavy atom. The molecule has 1 fully saturated rings. The maximum absolute atomic E-state index is 13.1. The molecule has 1 atom stereocenters. The summed E-state index contributed by atoms with van der Waals surface area (Å²) in [4.78, 5) is 14.4. The second kappa shape index (κ2) is 5.84. The molecule has 8 heteroatoms. The lowest BCUT2D eigenvalue weighted by atomic mass is 9.97. The van der Waals surface area contributed by atoms with Gasteiger partial charge in [-0.3, -0.25) is 4.90 Å². The Bertz CT molecular complexity index is 740. The summed E-state index contributed by atoms with van der Waals surface area (Å²) in [7, 11) is 1.90. The standard InChI is InChI=1S/C16H20F3N5/c1-11-7-13(16(17,18)19)22-14(21-11)15(2)5-4-6-24(15)9-12-8-20-10-23(12)3/h7-8,10H,4-6,9H2,1-3H3/t15-/m1/s1. The van der Waals surface area contributed by atoms with Gasteiger partial charge >= 0.3 is 6.18 Å². The van der Waals surface area contributed by atoms with Crippen LogP contribution in [0.15, 0.2) is 18.6 Å². The Hall–Kier alpha value is -1.96. The van der Waals surface area contributed by atoms with Gasteiger partial charge in [0.25, 0.3) is 0 Å². The van der Waals surface area contributed by atoms with E-state index in [9.17, 15) is 13.2 Å². The quantitative estimate of drug-likeness (QED) is 0.862. The van der Waals surface area contributed by atoms with E-state index in [4.69, 9.17) is 0 Å². The van der Waals surface area contributed by atoms with E-state index in [2.05, 4.69) is 19.9 Å². The van der Waals surface area contributed by atoms with Gasteiger partial charge in [0.15, 0.2) is 0 Å². The van der Waals surface area contributed by atoms with Crippen molar-refractivity contribution < 1.29 is 13.2 Å². The maximum atomic E-state index is 13.1. The van der Waals surface area contributed by atoms with Crippen LogP contribution in [-0.4, -0.2) is 31.0 Å². The summed E-state index contributed by atoms with van der Waals surface area (Å²) in [6, 6.07) is 0.993. The molecule has 1 aliphatic rings. The molecule has 24 heavy (non-hydrogen) atoms. The van der Waals surface area contributed by atoms with E-state index >= 15 is 0 Å². The highest BCUT2D eigenvalue weighted by molar-refractivity contribution is 5.19. The molecule has 3 heterocycles. The summed E-state index contributed by atoms with van der Waals surface area (Å²) < 4.78 is 41.2. The number of aromatic nitrogens is 4. The number of imidazole rings is 1. The Labute approximate surface area is 138 Å². The minimum absolute atomic E-state index is 0.245. The van der Waals surface area contributed by atoms with Gasteiger partial charge in [-0.1, -0.05) is 0 Å². The Kier molecular flexibility index (Phi) is 4.11. The fraction of sp³-hybridized carbons (Fsp3) is 0.562. The lowest BCUT2D eigenvalue weighted by Crippen LogP contribution is -2.40. The minimum Gasteiger partial charge on any atom is -0.337 e. The summed E-state index contributed by atoms with van der Waals surface area (Å²) in [6.45, 7) is 4.89. The van der Waals surface area contributed by atoms with Crippen molar-refractivity contribution in [3.05, 3.63) is 41.5 Å². The lowest BCUT2D eigenvalue weighted by molar-refractivity contribution is -0.141. The van der Waals surface area contributed by atoms with Crippen LogP contribution in [0, 0.1) is 6.92 Å². The normalized spacial score (nSPS) is 22.2. The van der Waals surface area contributed by atoms with Crippen LogP contribution < -0.4 is 0 Å². The van der Waals surface area contributed by atoms with E-state index in [0.717, 1.165) is 31.1 Å². The Morgan fingerprint density at radius 2 is 2.04 bits per heavy atom. The van der Waals surface area contributed by atoms with E-state index in [1.165, 1.54) is 0 Å². The summed E-state index contributed by atoms with van der Waals surface area (Å²) in [5, 5.41) is 0. The average Bonchev–Trinajstić information content (AvgIpc) is 3.06. The van der Waals surface area contributed by atoms with E-state index in [0.29, 0.717) is 12.2 Å². The molecular weight excluding hydrogens is 319 g/mol. The van der Waals surface area contributed by atoms with Gasteiger partial charge < -0.3 is 4.57 Å². The fourth-order valence-corrected chi connectivity index (χ4v) is 3.21. The summed E-state index contributed by atoms with van der Waals surface area (Å²) in [5.41, 5.74) is -0.151. The van der Waals surface area contributed by atoms with Crippen molar-refractivity contribution in [1.29, 1.82) is 0 Å². The molecule has 0 radical (unpaired) electrons. The van der Waals surface area contributed by atoms with Crippen LogP contribution in [-0.2, 0) is 25.3 Å². The Morgan fingerprint density at radius 3 is 2.67 bits per heavy atom. The van der Waals surface area contributed by atoms with Crippen LogP contribution in [0.3, 0.4) is 0 Å². The highest BCUT2D eigenvalue weighted by Crippen LogP contribution is 2.39. The molecule has 0 unspecified atom stereocenters. The van der Waals surface area contributed by atoms with Gasteiger partial charge in [-0.05, 0) is 39.3 Å². The van der Waals surface area contributed by atoms with Gasteiger partial charge in [-0.2, -0.15) is 13.2 Å². The highest BCUT2D eigenvalue weighted by atomic mass is 19.4. The van der Waals surface area contributed by atoms with Crippen LogP contribution in [0.1, 0.15) is 42.7 Å². The van der Waals surface area contributed by atoms with E-state index in [1.54, 1.807) is 19.4 Å². The summed E-state index contributed by atoms with van der Waals surface area (Å²) in [5.74, 6) is 0.245. The second-order valence-corrected chi connectivity index (χ2v) is 6.51. The number of nitrogens with zero attached hydrogens (tertiary/aromatic N) is 5. The third-order valence-electron chi connectivity index (χ3n) is 4.69. The smallest absolute Gasteiger partial charge is 0.337 e. The van der Waals surface area contributed by atoms with Crippen molar-refractivity contribution in [2.45, 2.75) is 44.9 Å². The molecule has 2 aromatic heterocycles. The minimum atomic E-state index is -4.47. The number of aryl methyl sites for hydroxylation is 2. The number of likely N-dealkylation sites (tertiary alicyclic amines) is 1. The SMILES string of the molecule is Cc1cc(C(F)(F)F)nc([C@@]2(C)CCCN2Cc2cncn2C)n1. The molecule has 0 saturated carbocycles. The molecule has 0 N–H and O–H groups in total. The van der Waals surface area contributed by atoms with Gasteiger partial charge in [0.2, 0.25) is 0 Å². The predicted octanol–water partition coefficient (Wildman–Crippen LogP) is 3.05.